The number of aromatic carboxylic acids is 1. The van der Waals surface area contributed by atoms with Gasteiger partial charge < -0.3 is 10.2 Å². The lowest BCUT2D eigenvalue weighted by Gasteiger charge is -2.00. The monoisotopic (exact) mass is 224 g/mol. The quantitative estimate of drug-likeness (QED) is 0.688. The molecular formula is C11H12O3S. The van der Waals surface area contributed by atoms with Gasteiger partial charge in [0.05, 0.1) is 0 Å². The molecule has 0 amide bonds. The van der Waals surface area contributed by atoms with Crippen molar-refractivity contribution in [3.8, 4) is 5.75 Å². The molecule has 80 valence electrons. The van der Waals surface area contributed by atoms with Gasteiger partial charge in [0.1, 0.15) is 11.3 Å². The maximum absolute atomic E-state index is 10.7. The van der Waals surface area contributed by atoms with Crippen LogP contribution in [0.25, 0.3) is 6.08 Å². The second-order valence-corrected chi connectivity index (χ2v) is 3.44. The fraction of sp³-hybridized carbons (Fsp3) is 0.182. The van der Waals surface area contributed by atoms with E-state index in [1.54, 1.807) is 6.07 Å². The second-order valence-electron chi connectivity index (χ2n) is 3.00. The van der Waals surface area contributed by atoms with Gasteiger partial charge in [-0.3, -0.25) is 0 Å². The Morgan fingerprint density at radius 1 is 1.47 bits per heavy atom. The number of allylic oxidation sites excluding steroid dienone is 1. The molecule has 0 spiro atoms. The van der Waals surface area contributed by atoms with E-state index in [4.69, 9.17) is 5.11 Å². The van der Waals surface area contributed by atoms with Crippen molar-refractivity contribution in [2.45, 2.75) is 6.42 Å². The maximum atomic E-state index is 10.7. The van der Waals surface area contributed by atoms with Crippen LogP contribution in [0.1, 0.15) is 22.3 Å². The largest absolute Gasteiger partial charge is 0.507 e. The van der Waals surface area contributed by atoms with E-state index in [0.717, 1.165) is 17.7 Å². The summed E-state index contributed by atoms with van der Waals surface area (Å²) in [5.74, 6) is -0.591. The van der Waals surface area contributed by atoms with E-state index in [1.807, 2.05) is 12.2 Å². The maximum Gasteiger partial charge on any atom is 0.339 e. The minimum absolute atomic E-state index is 0.0805. The summed E-state index contributed by atoms with van der Waals surface area (Å²) in [6, 6.07) is 4.48. The molecule has 1 aromatic rings. The highest BCUT2D eigenvalue weighted by Crippen LogP contribution is 2.19. The zero-order valence-corrected chi connectivity index (χ0v) is 8.95. The molecule has 0 bridgehead atoms. The topological polar surface area (TPSA) is 57.5 Å². The van der Waals surface area contributed by atoms with Crippen LogP contribution in [-0.2, 0) is 0 Å². The van der Waals surface area contributed by atoms with E-state index in [9.17, 15) is 9.90 Å². The third-order valence-corrected chi connectivity index (χ3v) is 2.12. The van der Waals surface area contributed by atoms with Gasteiger partial charge in [0.15, 0.2) is 0 Å². The Morgan fingerprint density at radius 2 is 2.20 bits per heavy atom. The van der Waals surface area contributed by atoms with Crippen molar-refractivity contribution >= 4 is 24.7 Å². The third-order valence-electron chi connectivity index (χ3n) is 1.86. The van der Waals surface area contributed by atoms with Gasteiger partial charge in [-0.1, -0.05) is 18.2 Å². The molecule has 4 heteroatoms. The number of carbonyl (C=O) groups is 1. The van der Waals surface area contributed by atoms with Gasteiger partial charge in [-0.25, -0.2) is 4.79 Å². The number of benzene rings is 1. The van der Waals surface area contributed by atoms with Gasteiger partial charge in [-0.05, 0) is 29.9 Å². The number of phenols is 1. The molecule has 0 aliphatic carbocycles. The lowest BCUT2D eigenvalue weighted by molar-refractivity contribution is 0.0693. The van der Waals surface area contributed by atoms with Crippen molar-refractivity contribution < 1.29 is 15.0 Å². The number of carboxylic acid groups (broad SMARTS) is 1. The molecule has 2 N–H and O–H groups in total. The lowest BCUT2D eigenvalue weighted by Crippen LogP contribution is -1.96. The number of rotatable bonds is 4. The van der Waals surface area contributed by atoms with Crippen LogP contribution in [0.4, 0.5) is 0 Å². The van der Waals surface area contributed by atoms with Crippen LogP contribution >= 0.6 is 12.6 Å². The Labute approximate surface area is 93.5 Å². The number of hydrogen-bond donors (Lipinski definition) is 3. The fourth-order valence-electron chi connectivity index (χ4n) is 1.12. The summed E-state index contributed by atoms with van der Waals surface area (Å²) in [5, 5.41) is 18.0. The second kappa shape index (κ2) is 5.46. The van der Waals surface area contributed by atoms with Crippen LogP contribution in [0.2, 0.25) is 0 Å². The molecule has 0 radical (unpaired) electrons. The van der Waals surface area contributed by atoms with Crippen molar-refractivity contribution in [3.63, 3.8) is 0 Å². The fourth-order valence-corrected chi connectivity index (χ4v) is 1.27. The number of carboxylic acids is 1. The summed E-state index contributed by atoms with van der Waals surface area (Å²) >= 11 is 4.05. The Kier molecular flexibility index (Phi) is 4.24. The molecule has 0 aliphatic heterocycles. The molecule has 3 nitrogen and oxygen atoms in total. The summed E-state index contributed by atoms with van der Waals surface area (Å²) in [4.78, 5) is 10.7. The minimum atomic E-state index is -1.13. The first-order valence-corrected chi connectivity index (χ1v) is 5.12. The van der Waals surface area contributed by atoms with E-state index in [2.05, 4.69) is 12.6 Å². The summed E-state index contributed by atoms with van der Waals surface area (Å²) in [6.45, 7) is 0. The first-order valence-electron chi connectivity index (χ1n) is 4.49. The summed E-state index contributed by atoms with van der Waals surface area (Å²) < 4.78 is 0. The highest BCUT2D eigenvalue weighted by molar-refractivity contribution is 7.80. The van der Waals surface area contributed by atoms with Crippen molar-refractivity contribution in [2.75, 3.05) is 5.75 Å². The highest BCUT2D eigenvalue weighted by atomic mass is 32.1. The smallest absolute Gasteiger partial charge is 0.339 e. The third kappa shape index (κ3) is 3.32. The average molecular weight is 224 g/mol. The summed E-state index contributed by atoms with van der Waals surface area (Å²) in [7, 11) is 0. The molecule has 0 unspecified atom stereocenters. The van der Waals surface area contributed by atoms with Gasteiger partial charge in [-0.15, -0.1) is 0 Å². The first kappa shape index (κ1) is 11.7. The van der Waals surface area contributed by atoms with Crippen molar-refractivity contribution in [2.24, 2.45) is 0 Å². The summed E-state index contributed by atoms with van der Waals surface area (Å²) in [6.07, 6.45) is 4.54. The number of aromatic hydroxyl groups is 1. The Hall–Kier alpha value is -1.42. The number of hydrogen-bond acceptors (Lipinski definition) is 3. The zero-order chi connectivity index (χ0) is 11.3. The van der Waals surface area contributed by atoms with Crippen molar-refractivity contribution in [1.29, 1.82) is 0 Å². The van der Waals surface area contributed by atoms with Crippen LogP contribution in [0.5, 0.6) is 5.75 Å². The van der Waals surface area contributed by atoms with Gasteiger partial charge in [0, 0.05) is 0 Å². The van der Waals surface area contributed by atoms with E-state index in [-0.39, 0.29) is 11.3 Å². The van der Waals surface area contributed by atoms with Crippen molar-refractivity contribution in [1.82, 2.24) is 0 Å². The molecule has 0 atom stereocenters. The molecule has 1 aromatic carbocycles. The Bertz CT molecular complexity index is 385. The van der Waals surface area contributed by atoms with Crippen LogP contribution in [0.3, 0.4) is 0 Å². The van der Waals surface area contributed by atoms with Gasteiger partial charge >= 0.3 is 5.97 Å². The minimum Gasteiger partial charge on any atom is -0.507 e. The molecule has 0 aliphatic rings. The Balaban J connectivity index is 2.92. The SMILES string of the molecule is O=C(O)c1cc(C=CCCS)ccc1O. The standard InChI is InChI=1S/C11H12O3S/c12-10-5-4-8(3-1-2-6-15)7-9(10)11(13)14/h1,3-5,7,12,15H,2,6H2,(H,13,14). The zero-order valence-electron chi connectivity index (χ0n) is 8.05. The molecule has 0 saturated carbocycles. The Morgan fingerprint density at radius 3 is 2.80 bits per heavy atom. The highest BCUT2D eigenvalue weighted by Gasteiger charge is 2.08. The van der Waals surface area contributed by atoms with E-state index < -0.39 is 5.97 Å². The average Bonchev–Trinajstić information content (AvgIpc) is 2.20. The predicted molar refractivity (Wildman–Crippen MR) is 62.6 cm³/mol. The van der Waals surface area contributed by atoms with E-state index in [1.165, 1.54) is 12.1 Å². The van der Waals surface area contributed by atoms with Gasteiger partial charge in [0.25, 0.3) is 0 Å². The molecule has 0 aromatic heterocycles. The lowest BCUT2D eigenvalue weighted by atomic mass is 10.1. The summed E-state index contributed by atoms with van der Waals surface area (Å²) in [5.41, 5.74) is 0.676. The van der Waals surface area contributed by atoms with E-state index in [0.29, 0.717) is 0 Å². The van der Waals surface area contributed by atoms with E-state index >= 15 is 0 Å². The molecular weight excluding hydrogens is 212 g/mol. The van der Waals surface area contributed by atoms with Crippen LogP contribution < -0.4 is 0 Å². The van der Waals surface area contributed by atoms with Gasteiger partial charge in [-0.2, -0.15) is 12.6 Å². The molecule has 1 rings (SSSR count). The first-order chi connectivity index (χ1) is 7.15. The normalized spacial score (nSPS) is 10.7. The molecule has 0 heterocycles. The molecule has 0 saturated heterocycles. The van der Waals surface area contributed by atoms with Gasteiger partial charge in [0.2, 0.25) is 0 Å². The van der Waals surface area contributed by atoms with Crippen molar-refractivity contribution in [3.05, 3.63) is 35.4 Å². The predicted octanol–water partition coefficient (Wildman–Crippen LogP) is 2.42. The van der Waals surface area contributed by atoms with Crippen LogP contribution in [-0.4, -0.2) is 21.9 Å². The number of thiol groups is 1. The molecule has 15 heavy (non-hydrogen) atoms. The molecule has 0 fully saturated rings. The van der Waals surface area contributed by atoms with Crippen LogP contribution in [0.15, 0.2) is 24.3 Å². The van der Waals surface area contributed by atoms with Crippen LogP contribution in [0, 0.1) is 0 Å².